The molecule has 0 radical (unpaired) electrons. The molecule has 3 aliphatic carbocycles. The highest BCUT2D eigenvalue weighted by Gasteiger charge is 2.55. The number of benzene rings is 2. The molecule has 4 N–H and O–H groups in total. The molecule has 11 nitrogen and oxygen atoms in total. The summed E-state index contributed by atoms with van der Waals surface area (Å²) in [4.78, 5) is 24.8. The van der Waals surface area contributed by atoms with E-state index in [0.717, 1.165) is 64.2 Å². The molecule has 3 aliphatic rings. The summed E-state index contributed by atoms with van der Waals surface area (Å²) in [6.45, 7) is 7.88. The lowest BCUT2D eigenvalue weighted by atomic mass is 9.55. The van der Waals surface area contributed by atoms with Crippen molar-refractivity contribution in [1.82, 2.24) is 0 Å². The normalized spacial score (nSPS) is 21.4. The van der Waals surface area contributed by atoms with Crippen molar-refractivity contribution in [3.05, 3.63) is 47.0 Å². The number of phosphoric acid groups is 1. The van der Waals surface area contributed by atoms with Gasteiger partial charge in [-0.1, -0.05) is 142 Å². The van der Waals surface area contributed by atoms with Gasteiger partial charge in [-0.15, -0.1) is 0 Å². The summed E-state index contributed by atoms with van der Waals surface area (Å²) >= 11 is 0. The van der Waals surface area contributed by atoms with E-state index in [1.165, 1.54) is 133 Å². The van der Waals surface area contributed by atoms with E-state index in [1.807, 2.05) is 6.07 Å². The Kier molecular flexibility index (Phi) is 22.5. The van der Waals surface area contributed by atoms with Crippen LogP contribution in [-0.4, -0.2) is 50.0 Å². The Labute approximate surface area is 392 Å². The Morgan fingerprint density at radius 2 is 1.35 bits per heavy atom. The quantitative estimate of drug-likeness (QED) is 0.0360. The number of phosphoric ester groups is 1. The van der Waals surface area contributed by atoms with Crippen molar-refractivity contribution in [2.75, 3.05) is 32.2 Å². The lowest BCUT2D eigenvalue weighted by Crippen LogP contribution is -2.44. The van der Waals surface area contributed by atoms with Crippen molar-refractivity contribution in [3.8, 4) is 17.2 Å². The Bertz CT molecular complexity index is 1780. The summed E-state index contributed by atoms with van der Waals surface area (Å²) in [5, 5.41) is 13.3. The first-order valence-electron chi connectivity index (χ1n) is 25.9. The topological polar surface area (TPSA) is 156 Å². The number of amides is 2. The minimum absolute atomic E-state index is 0.0205. The van der Waals surface area contributed by atoms with Crippen LogP contribution >= 0.6 is 7.82 Å². The van der Waals surface area contributed by atoms with Gasteiger partial charge in [-0.25, -0.2) is 4.57 Å². The smallest absolute Gasteiger partial charge is 0.505 e. The van der Waals surface area contributed by atoms with Crippen LogP contribution in [0.4, 0.5) is 5.69 Å². The zero-order chi connectivity index (χ0) is 46.5. The fourth-order valence-corrected chi connectivity index (χ4v) is 12.4. The number of nitrogens with one attached hydrogen (secondary N) is 1. The molecule has 0 aliphatic heterocycles. The van der Waals surface area contributed by atoms with Crippen molar-refractivity contribution >= 4 is 25.3 Å². The SMILES string of the molecule is CCCCCCCCCCCCOP(=O)(OCCCCCCCCCCCC)Oc1ccc2c(c1)CC[C@@H]1[C@@H]2CC[C@]2(C)[C@@H](OCCC(=O)Nc3ccc(OC)c(C(N)=O)c3O)CC[C@@H]12. The van der Waals surface area contributed by atoms with Crippen molar-refractivity contribution in [1.29, 1.82) is 0 Å². The first-order chi connectivity index (χ1) is 31.5. The van der Waals surface area contributed by atoms with Crippen LogP contribution in [0.5, 0.6) is 17.2 Å². The Morgan fingerprint density at radius 1 is 0.769 bits per heavy atom. The van der Waals surface area contributed by atoms with Gasteiger partial charge in [0.2, 0.25) is 5.91 Å². The van der Waals surface area contributed by atoms with Gasteiger partial charge in [0, 0.05) is 0 Å². The highest BCUT2D eigenvalue weighted by Crippen LogP contribution is 2.62. The number of primary amides is 1. The second-order valence-corrected chi connectivity index (χ2v) is 21.1. The summed E-state index contributed by atoms with van der Waals surface area (Å²) in [5.74, 6) is 0.621. The number of ether oxygens (including phenoxy) is 2. The largest absolute Gasteiger partial charge is 0.530 e. The number of methoxy groups -OCH3 is 1. The van der Waals surface area contributed by atoms with Crippen molar-refractivity contribution < 1.29 is 42.3 Å². The number of anilines is 1. The zero-order valence-electron chi connectivity index (χ0n) is 40.6. The van der Waals surface area contributed by atoms with Crippen LogP contribution in [0.3, 0.4) is 0 Å². The van der Waals surface area contributed by atoms with Crippen LogP contribution in [-0.2, 0) is 29.6 Å². The molecule has 2 aromatic carbocycles. The number of aryl methyl sites for hydroxylation is 1. The summed E-state index contributed by atoms with van der Waals surface area (Å²) in [6.07, 6.45) is 30.8. The average Bonchev–Trinajstić information content (AvgIpc) is 3.63. The highest BCUT2D eigenvalue weighted by atomic mass is 31.2. The molecule has 0 saturated heterocycles. The van der Waals surface area contributed by atoms with Gasteiger partial charge in [0.1, 0.15) is 17.1 Å². The number of rotatable bonds is 33. The summed E-state index contributed by atoms with van der Waals surface area (Å²) < 4.78 is 44.2. The molecule has 65 heavy (non-hydrogen) atoms. The van der Waals surface area contributed by atoms with Gasteiger partial charge in [-0.2, -0.15) is 0 Å². The maximum atomic E-state index is 14.2. The number of carbonyl (C=O) groups is 2. The molecular formula is C53H85N2O9P. The van der Waals surface area contributed by atoms with Gasteiger partial charge >= 0.3 is 7.82 Å². The molecule has 366 valence electrons. The fraction of sp³-hybridized carbons (Fsp3) is 0.736. The van der Waals surface area contributed by atoms with Crippen LogP contribution in [0.2, 0.25) is 0 Å². The summed E-state index contributed by atoms with van der Waals surface area (Å²) in [6, 6.07) is 9.24. The van der Waals surface area contributed by atoms with Crippen molar-refractivity contribution in [2.24, 2.45) is 23.0 Å². The molecular weight excluding hydrogens is 840 g/mol. The van der Waals surface area contributed by atoms with E-state index in [2.05, 4.69) is 38.2 Å². The van der Waals surface area contributed by atoms with E-state index >= 15 is 0 Å². The van der Waals surface area contributed by atoms with E-state index < -0.39 is 19.5 Å². The maximum absolute atomic E-state index is 14.2. The van der Waals surface area contributed by atoms with Crippen LogP contribution in [0.1, 0.15) is 215 Å². The van der Waals surface area contributed by atoms with E-state index in [9.17, 15) is 19.3 Å². The Morgan fingerprint density at radius 3 is 1.92 bits per heavy atom. The molecule has 2 saturated carbocycles. The predicted molar refractivity (Wildman–Crippen MR) is 261 cm³/mol. The molecule has 2 fully saturated rings. The van der Waals surface area contributed by atoms with E-state index in [0.29, 0.717) is 36.7 Å². The number of aromatic hydroxyl groups is 1. The molecule has 0 bridgehead atoms. The lowest BCUT2D eigenvalue weighted by molar-refractivity contribution is -0.119. The van der Waals surface area contributed by atoms with Gasteiger partial charge in [0.25, 0.3) is 5.91 Å². The highest BCUT2D eigenvalue weighted by molar-refractivity contribution is 7.48. The summed E-state index contributed by atoms with van der Waals surface area (Å²) in [5.41, 5.74) is 8.04. The molecule has 0 spiro atoms. The monoisotopic (exact) mass is 925 g/mol. The van der Waals surface area contributed by atoms with Crippen LogP contribution in [0.25, 0.3) is 0 Å². The molecule has 0 unspecified atom stereocenters. The first kappa shape index (κ1) is 52.9. The van der Waals surface area contributed by atoms with Gasteiger partial charge < -0.3 is 30.2 Å². The van der Waals surface area contributed by atoms with Crippen LogP contribution < -0.4 is 20.3 Å². The molecule has 0 aromatic heterocycles. The van der Waals surface area contributed by atoms with Gasteiger partial charge in [0.05, 0.1) is 45.1 Å². The average molecular weight is 925 g/mol. The molecule has 2 amide bonds. The number of fused-ring (bicyclic) bond motifs is 5. The molecule has 5 atom stereocenters. The first-order valence-corrected chi connectivity index (χ1v) is 27.3. The van der Waals surface area contributed by atoms with Crippen molar-refractivity contribution in [3.63, 3.8) is 0 Å². The zero-order valence-corrected chi connectivity index (χ0v) is 41.5. The number of unbranched alkanes of at least 4 members (excludes halogenated alkanes) is 18. The molecule has 2 aromatic rings. The molecule has 0 heterocycles. The van der Waals surface area contributed by atoms with Crippen molar-refractivity contribution in [2.45, 2.75) is 206 Å². The third kappa shape index (κ3) is 15.7. The number of hydrogen-bond donors (Lipinski definition) is 3. The summed E-state index contributed by atoms with van der Waals surface area (Å²) in [7, 11) is -2.43. The third-order valence-corrected chi connectivity index (χ3v) is 16.3. The molecule has 5 rings (SSSR count). The van der Waals surface area contributed by atoms with E-state index in [1.54, 1.807) is 0 Å². The van der Waals surface area contributed by atoms with Gasteiger partial charge in [-0.3, -0.25) is 18.6 Å². The minimum Gasteiger partial charge on any atom is -0.505 e. The lowest BCUT2D eigenvalue weighted by Gasteiger charge is -2.50. The van der Waals surface area contributed by atoms with E-state index in [-0.39, 0.29) is 47.5 Å². The van der Waals surface area contributed by atoms with Crippen LogP contribution in [0, 0.1) is 17.3 Å². The van der Waals surface area contributed by atoms with Gasteiger partial charge in [-0.05, 0) is 110 Å². The number of hydrogen-bond acceptors (Lipinski definition) is 9. The minimum atomic E-state index is -3.81. The second-order valence-electron chi connectivity index (χ2n) is 19.5. The number of carbonyl (C=O) groups excluding carboxylic acids is 2. The fourth-order valence-electron chi connectivity index (χ4n) is 11.2. The molecule has 12 heteroatoms. The maximum Gasteiger partial charge on any atom is 0.530 e. The Balaban J connectivity index is 1.11. The number of phenols is 1. The third-order valence-electron chi connectivity index (χ3n) is 14.9. The Hall–Kier alpha value is -3.11. The second kappa shape index (κ2) is 27.6. The predicted octanol–water partition coefficient (Wildman–Crippen LogP) is 14.1. The standard InChI is InChI=1S/C53H85N2O9P/c1-5-7-9-11-13-15-17-19-21-23-36-62-65(59,63-37-24-22-20-18-16-14-12-10-8-6-2)64-41-26-28-42-40(39-41)25-27-44-43(42)33-35-53(3)45(44)29-32-48(53)61-38-34-49(56)55-46-30-31-47(60-4)50(51(46)57)52(54)58/h26,28,30-31,39,43-45,48,57H,5-25,27,29,32-38H2,1-4H3,(H2,54,58)(H,55,56)/t43-,44-,45+,48+,53+/m1/s1. The van der Waals surface area contributed by atoms with Gasteiger partial charge in [0.15, 0.2) is 5.75 Å². The van der Waals surface area contributed by atoms with E-state index in [4.69, 9.17) is 28.8 Å². The number of nitrogens with two attached hydrogens (primary N) is 1. The van der Waals surface area contributed by atoms with Crippen LogP contribution in [0.15, 0.2) is 30.3 Å².